The zero-order valence-electron chi connectivity index (χ0n) is 13.4. The Morgan fingerprint density at radius 3 is 2.86 bits per heavy atom. The van der Waals surface area contributed by atoms with E-state index in [4.69, 9.17) is 0 Å². The molecule has 1 N–H and O–H groups in total. The van der Waals surface area contributed by atoms with Crippen LogP contribution in [-0.4, -0.2) is 44.4 Å². The number of aromatic nitrogens is 4. The third kappa shape index (κ3) is 5.19. The smallest absolute Gasteiger partial charge is 0.240 e. The number of likely N-dealkylation sites (N-methyl/N-ethyl adjacent to an activating group) is 1. The van der Waals surface area contributed by atoms with Gasteiger partial charge in [-0.05, 0) is 13.0 Å². The summed E-state index contributed by atoms with van der Waals surface area (Å²) in [4.78, 5) is 13.9. The molecule has 22 heavy (non-hydrogen) atoms. The van der Waals surface area contributed by atoms with Crippen molar-refractivity contribution in [2.75, 3.05) is 18.9 Å². The maximum atomic E-state index is 12.0. The maximum absolute atomic E-state index is 12.0. The molecule has 2 heterocycles. The SMILES string of the molecule is CC(C)Cc1nnc(NC(=O)CN(C)Cc2cnn(C)c2)s1. The van der Waals surface area contributed by atoms with Gasteiger partial charge in [-0.25, -0.2) is 0 Å². The number of aryl methyl sites for hydroxylation is 1. The lowest BCUT2D eigenvalue weighted by atomic mass is 10.1. The maximum Gasteiger partial charge on any atom is 0.240 e. The fraction of sp³-hybridized carbons (Fsp3) is 0.571. The average molecular weight is 322 g/mol. The Labute approximate surface area is 134 Å². The number of rotatable bonds is 7. The van der Waals surface area contributed by atoms with Gasteiger partial charge in [0.1, 0.15) is 5.01 Å². The molecular formula is C14H22N6OS. The normalized spacial score (nSPS) is 11.4. The quantitative estimate of drug-likeness (QED) is 0.837. The summed E-state index contributed by atoms with van der Waals surface area (Å²) in [6.07, 6.45) is 4.63. The summed E-state index contributed by atoms with van der Waals surface area (Å²) in [5.74, 6) is 0.445. The minimum atomic E-state index is -0.0846. The molecule has 0 aromatic carbocycles. The summed E-state index contributed by atoms with van der Waals surface area (Å²) >= 11 is 1.44. The second-order valence-corrected chi connectivity index (χ2v) is 6.90. The van der Waals surface area contributed by atoms with Crippen molar-refractivity contribution < 1.29 is 4.79 Å². The number of hydrogen-bond donors (Lipinski definition) is 1. The van der Waals surface area contributed by atoms with E-state index >= 15 is 0 Å². The van der Waals surface area contributed by atoms with Crippen LogP contribution in [0.1, 0.15) is 24.4 Å². The van der Waals surface area contributed by atoms with Gasteiger partial charge in [0.15, 0.2) is 0 Å². The first-order valence-electron chi connectivity index (χ1n) is 7.20. The Balaban J connectivity index is 1.80. The van der Waals surface area contributed by atoms with Crippen LogP contribution in [0.3, 0.4) is 0 Å². The number of nitrogens with one attached hydrogen (secondary N) is 1. The summed E-state index contributed by atoms with van der Waals surface area (Å²) in [7, 11) is 3.78. The Kier molecular flexibility index (Phi) is 5.62. The molecule has 0 aliphatic heterocycles. The van der Waals surface area contributed by atoms with Gasteiger partial charge in [-0.15, -0.1) is 10.2 Å². The van der Waals surface area contributed by atoms with Crippen molar-refractivity contribution >= 4 is 22.4 Å². The molecule has 8 heteroatoms. The number of carbonyl (C=O) groups is 1. The molecule has 2 aromatic rings. The number of hydrogen-bond acceptors (Lipinski definition) is 6. The van der Waals surface area contributed by atoms with Crippen molar-refractivity contribution in [1.82, 2.24) is 24.9 Å². The fourth-order valence-corrected chi connectivity index (χ4v) is 3.03. The average Bonchev–Trinajstić information content (AvgIpc) is 2.98. The van der Waals surface area contributed by atoms with E-state index in [9.17, 15) is 4.79 Å². The Hall–Kier alpha value is -1.80. The first-order chi connectivity index (χ1) is 10.4. The molecule has 0 bridgehead atoms. The molecule has 2 aromatic heterocycles. The van der Waals surface area contributed by atoms with E-state index in [0.717, 1.165) is 17.0 Å². The lowest BCUT2D eigenvalue weighted by Gasteiger charge is -2.14. The fourth-order valence-electron chi connectivity index (χ4n) is 2.06. The van der Waals surface area contributed by atoms with Gasteiger partial charge in [0.25, 0.3) is 0 Å². The third-order valence-electron chi connectivity index (χ3n) is 2.92. The molecule has 0 atom stereocenters. The Morgan fingerprint density at radius 2 is 2.23 bits per heavy atom. The minimum absolute atomic E-state index is 0.0846. The standard InChI is InChI=1S/C14H22N6OS/c1-10(2)5-13-17-18-14(22-13)16-12(21)9-19(3)7-11-6-15-20(4)8-11/h6,8,10H,5,7,9H2,1-4H3,(H,16,18,21). The third-order valence-corrected chi connectivity index (χ3v) is 3.78. The highest BCUT2D eigenvalue weighted by atomic mass is 32.1. The van der Waals surface area contributed by atoms with Crippen molar-refractivity contribution in [2.24, 2.45) is 13.0 Å². The van der Waals surface area contributed by atoms with Gasteiger partial charge in [0.2, 0.25) is 11.0 Å². The predicted molar refractivity (Wildman–Crippen MR) is 86.6 cm³/mol. The van der Waals surface area contributed by atoms with Crippen molar-refractivity contribution in [2.45, 2.75) is 26.8 Å². The molecular weight excluding hydrogens is 300 g/mol. The van der Waals surface area contributed by atoms with E-state index in [2.05, 4.69) is 34.5 Å². The van der Waals surface area contributed by atoms with Crippen LogP contribution in [0.2, 0.25) is 0 Å². The molecule has 0 saturated carbocycles. The van der Waals surface area contributed by atoms with Gasteiger partial charge < -0.3 is 0 Å². The summed E-state index contributed by atoms with van der Waals surface area (Å²) in [5, 5.41) is 16.5. The summed E-state index contributed by atoms with van der Waals surface area (Å²) in [6, 6.07) is 0. The molecule has 7 nitrogen and oxygen atoms in total. The van der Waals surface area contributed by atoms with Gasteiger partial charge in [-0.2, -0.15) is 5.10 Å². The summed E-state index contributed by atoms with van der Waals surface area (Å²) < 4.78 is 1.75. The summed E-state index contributed by atoms with van der Waals surface area (Å²) in [5.41, 5.74) is 1.08. The molecule has 2 rings (SSSR count). The van der Waals surface area contributed by atoms with Crippen LogP contribution in [0.25, 0.3) is 0 Å². The van der Waals surface area contributed by atoms with Gasteiger partial charge >= 0.3 is 0 Å². The Morgan fingerprint density at radius 1 is 1.45 bits per heavy atom. The number of anilines is 1. The zero-order valence-corrected chi connectivity index (χ0v) is 14.2. The molecule has 120 valence electrons. The molecule has 0 saturated heterocycles. The zero-order chi connectivity index (χ0) is 16.1. The molecule has 0 aliphatic carbocycles. The van der Waals surface area contributed by atoms with Crippen LogP contribution in [0.4, 0.5) is 5.13 Å². The summed E-state index contributed by atoms with van der Waals surface area (Å²) in [6.45, 7) is 5.24. The highest BCUT2D eigenvalue weighted by Crippen LogP contribution is 2.18. The van der Waals surface area contributed by atoms with Crippen LogP contribution in [0.5, 0.6) is 0 Å². The van der Waals surface area contributed by atoms with E-state index in [1.807, 2.05) is 25.2 Å². The van der Waals surface area contributed by atoms with E-state index in [1.54, 1.807) is 10.9 Å². The predicted octanol–water partition coefficient (Wildman–Crippen LogP) is 1.54. The number of nitrogens with zero attached hydrogens (tertiary/aromatic N) is 5. The molecule has 0 unspecified atom stereocenters. The molecule has 0 radical (unpaired) electrons. The second-order valence-electron chi connectivity index (χ2n) is 5.84. The van der Waals surface area contributed by atoms with Crippen LogP contribution in [0.15, 0.2) is 12.4 Å². The van der Waals surface area contributed by atoms with Gasteiger partial charge in [0.05, 0.1) is 12.7 Å². The lowest BCUT2D eigenvalue weighted by molar-refractivity contribution is -0.117. The topological polar surface area (TPSA) is 75.9 Å². The van der Waals surface area contributed by atoms with Gasteiger partial charge in [0, 0.05) is 31.8 Å². The van der Waals surface area contributed by atoms with Crippen LogP contribution in [-0.2, 0) is 24.8 Å². The largest absolute Gasteiger partial charge is 0.299 e. The van der Waals surface area contributed by atoms with E-state index in [0.29, 0.717) is 24.1 Å². The van der Waals surface area contributed by atoms with Crippen LogP contribution in [0, 0.1) is 5.92 Å². The Bertz CT molecular complexity index is 620. The first-order valence-corrected chi connectivity index (χ1v) is 8.02. The van der Waals surface area contributed by atoms with Crippen molar-refractivity contribution in [3.8, 4) is 0 Å². The minimum Gasteiger partial charge on any atom is -0.299 e. The molecule has 1 amide bonds. The van der Waals surface area contributed by atoms with Crippen LogP contribution >= 0.6 is 11.3 Å². The first kappa shape index (κ1) is 16.6. The van der Waals surface area contributed by atoms with Crippen molar-refractivity contribution in [1.29, 1.82) is 0 Å². The number of carbonyl (C=O) groups excluding carboxylic acids is 1. The van der Waals surface area contributed by atoms with Crippen molar-refractivity contribution in [3.63, 3.8) is 0 Å². The molecule has 0 fully saturated rings. The molecule has 0 spiro atoms. The van der Waals surface area contributed by atoms with E-state index in [1.165, 1.54) is 11.3 Å². The van der Waals surface area contributed by atoms with Crippen molar-refractivity contribution in [3.05, 3.63) is 23.0 Å². The monoisotopic (exact) mass is 322 g/mol. The lowest BCUT2D eigenvalue weighted by Crippen LogP contribution is -2.29. The highest BCUT2D eigenvalue weighted by molar-refractivity contribution is 7.15. The second kappa shape index (κ2) is 7.46. The van der Waals surface area contributed by atoms with E-state index < -0.39 is 0 Å². The van der Waals surface area contributed by atoms with E-state index in [-0.39, 0.29) is 5.91 Å². The highest BCUT2D eigenvalue weighted by Gasteiger charge is 2.12. The van der Waals surface area contributed by atoms with Gasteiger partial charge in [-0.1, -0.05) is 25.2 Å². The van der Waals surface area contributed by atoms with Crippen LogP contribution < -0.4 is 5.32 Å². The van der Waals surface area contributed by atoms with Gasteiger partial charge in [-0.3, -0.25) is 19.7 Å². The number of amides is 1. The molecule has 0 aliphatic rings.